The first-order valence-corrected chi connectivity index (χ1v) is 7.44. The fraction of sp³-hybridized carbons (Fsp3) is 0.294. The molecule has 2 rings (SSSR count). The van der Waals surface area contributed by atoms with Crippen molar-refractivity contribution in [2.75, 3.05) is 13.6 Å². The summed E-state index contributed by atoms with van der Waals surface area (Å²) in [6.07, 6.45) is 1.06. The minimum absolute atomic E-state index is 0.488. The average molecular weight is 318 g/mol. The molecule has 0 aliphatic carbocycles. The Balaban J connectivity index is 2.24. The summed E-state index contributed by atoms with van der Waals surface area (Å²) >= 11 is 3.67. The maximum atomic E-state index is 3.67. The molecule has 1 unspecified atom stereocenters. The van der Waals surface area contributed by atoms with Crippen LogP contribution in [0.15, 0.2) is 53.0 Å². The average Bonchev–Trinajstić information content (AvgIpc) is 2.39. The van der Waals surface area contributed by atoms with Crippen molar-refractivity contribution in [3.63, 3.8) is 0 Å². The lowest BCUT2D eigenvalue weighted by atomic mass is 9.91. The van der Waals surface area contributed by atoms with Gasteiger partial charge in [0.05, 0.1) is 0 Å². The van der Waals surface area contributed by atoms with Crippen LogP contribution < -0.4 is 5.32 Å². The van der Waals surface area contributed by atoms with Gasteiger partial charge in [-0.3, -0.25) is 0 Å². The smallest absolute Gasteiger partial charge is 0.0210 e. The van der Waals surface area contributed by atoms with E-state index in [0.29, 0.717) is 5.92 Å². The van der Waals surface area contributed by atoms with Crippen LogP contribution in [-0.2, 0) is 6.42 Å². The lowest BCUT2D eigenvalue weighted by molar-refractivity contribution is 0.623. The van der Waals surface area contributed by atoms with E-state index in [2.05, 4.69) is 76.7 Å². The van der Waals surface area contributed by atoms with Gasteiger partial charge in [0.1, 0.15) is 0 Å². The number of likely N-dealkylation sites (N-methyl/N-ethyl adjacent to an activating group) is 1. The highest BCUT2D eigenvalue weighted by molar-refractivity contribution is 9.10. The summed E-state index contributed by atoms with van der Waals surface area (Å²) in [4.78, 5) is 0. The molecular weight excluding hydrogens is 298 g/mol. The molecule has 0 fully saturated rings. The molecule has 2 aromatic carbocycles. The number of hydrogen-bond acceptors (Lipinski definition) is 1. The molecule has 1 nitrogen and oxygen atoms in total. The monoisotopic (exact) mass is 317 g/mol. The SMILES string of the molecule is CNCC(Cc1cccc(C)c1)c1ccccc1Br. The number of hydrogen-bond donors (Lipinski definition) is 1. The highest BCUT2D eigenvalue weighted by atomic mass is 79.9. The van der Waals surface area contributed by atoms with Crippen LogP contribution in [0.3, 0.4) is 0 Å². The molecule has 2 heteroatoms. The van der Waals surface area contributed by atoms with Gasteiger partial charge in [-0.25, -0.2) is 0 Å². The zero-order chi connectivity index (χ0) is 13.7. The van der Waals surface area contributed by atoms with Crippen LogP contribution in [-0.4, -0.2) is 13.6 Å². The first-order valence-electron chi connectivity index (χ1n) is 6.65. The van der Waals surface area contributed by atoms with Gasteiger partial charge in [-0.05, 0) is 37.6 Å². The second-order valence-corrected chi connectivity index (χ2v) is 5.82. The third-order valence-electron chi connectivity index (χ3n) is 3.36. The zero-order valence-corrected chi connectivity index (χ0v) is 13.1. The normalized spacial score (nSPS) is 12.4. The van der Waals surface area contributed by atoms with Crippen LogP contribution in [0.1, 0.15) is 22.6 Å². The Morgan fingerprint density at radius 2 is 1.89 bits per heavy atom. The summed E-state index contributed by atoms with van der Waals surface area (Å²) in [5.74, 6) is 0.488. The van der Waals surface area contributed by atoms with Gasteiger partial charge >= 0.3 is 0 Å². The van der Waals surface area contributed by atoms with Crippen LogP contribution in [0.2, 0.25) is 0 Å². The van der Waals surface area contributed by atoms with E-state index in [-0.39, 0.29) is 0 Å². The van der Waals surface area contributed by atoms with Gasteiger partial charge < -0.3 is 5.32 Å². The van der Waals surface area contributed by atoms with E-state index in [0.717, 1.165) is 13.0 Å². The van der Waals surface area contributed by atoms with Crippen molar-refractivity contribution < 1.29 is 0 Å². The molecule has 100 valence electrons. The van der Waals surface area contributed by atoms with Crippen molar-refractivity contribution in [2.45, 2.75) is 19.3 Å². The molecule has 0 heterocycles. The Morgan fingerprint density at radius 1 is 1.11 bits per heavy atom. The molecule has 0 saturated heterocycles. The lowest BCUT2D eigenvalue weighted by Crippen LogP contribution is -2.19. The highest BCUT2D eigenvalue weighted by Gasteiger charge is 2.14. The number of nitrogens with one attached hydrogen (secondary N) is 1. The quantitative estimate of drug-likeness (QED) is 0.866. The summed E-state index contributed by atoms with van der Waals surface area (Å²) in [6, 6.07) is 17.3. The maximum absolute atomic E-state index is 3.67. The van der Waals surface area contributed by atoms with Crippen molar-refractivity contribution >= 4 is 15.9 Å². The predicted octanol–water partition coefficient (Wildman–Crippen LogP) is 4.30. The van der Waals surface area contributed by atoms with Gasteiger partial charge in [-0.2, -0.15) is 0 Å². The van der Waals surface area contributed by atoms with Gasteiger partial charge in [-0.15, -0.1) is 0 Å². The second kappa shape index (κ2) is 6.88. The van der Waals surface area contributed by atoms with Crippen molar-refractivity contribution in [2.24, 2.45) is 0 Å². The minimum atomic E-state index is 0.488. The fourth-order valence-corrected chi connectivity index (χ4v) is 3.08. The van der Waals surface area contributed by atoms with Crippen LogP contribution in [0.5, 0.6) is 0 Å². The number of rotatable bonds is 5. The molecule has 0 aliphatic rings. The summed E-state index contributed by atoms with van der Waals surface area (Å²) in [5.41, 5.74) is 4.10. The Kier molecular flexibility index (Phi) is 5.17. The van der Waals surface area contributed by atoms with Crippen molar-refractivity contribution in [3.05, 3.63) is 69.7 Å². The molecule has 2 aromatic rings. The highest BCUT2D eigenvalue weighted by Crippen LogP contribution is 2.27. The van der Waals surface area contributed by atoms with Gasteiger partial charge in [-0.1, -0.05) is 64.0 Å². The van der Waals surface area contributed by atoms with Crippen molar-refractivity contribution in [3.8, 4) is 0 Å². The number of benzene rings is 2. The van der Waals surface area contributed by atoms with Gasteiger partial charge in [0.15, 0.2) is 0 Å². The van der Waals surface area contributed by atoms with E-state index in [1.54, 1.807) is 0 Å². The van der Waals surface area contributed by atoms with E-state index < -0.39 is 0 Å². The van der Waals surface area contributed by atoms with Crippen molar-refractivity contribution in [1.29, 1.82) is 0 Å². The molecule has 0 radical (unpaired) electrons. The molecule has 0 saturated carbocycles. The molecule has 0 amide bonds. The summed E-state index contributed by atoms with van der Waals surface area (Å²) in [6.45, 7) is 3.13. The summed E-state index contributed by atoms with van der Waals surface area (Å²) in [7, 11) is 2.01. The largest absolute Gasteiger partial charge is 0.319 e. The molecule has 19 heavy (non-hydrogen) atoms. The molecule has 1 atom stereocenters. The van der Waals surface area contributed by atoms with Gasteiger partial charge in [0.2, 0.25) is 0 Å². The molecule has 0 aliphatic heterocycles. The fourth-order valence-electron chi connectivity index (χ4n) is 2.47. The predicted molar refractivity (Wildman–Crippen MR) is 85.7 cm³/mol. The van der Waals surface area contributed by atoms with Crippen LogP contribution in [0.25, 0.3) is 0 Å². The standard InChI is InChI=1S/C17H20BrN/c1-13-6-5-7-14(10-13)11-15(12-19-2)16-8-3-4-9-17(16)18/h3-10,15,19H,11-12H2,1-2H3. The number of aryl methyl sites for hydroxylation is 1. The Hall–Kier alpha value is -1.12. The minimum Gasteiger partial charge on any atom is -0.319 e. The lowest BCUT2D eigenvalue weighted by Gasteiger charge is -2.19. The third kappa shape index (κ3) is 3.92. The first-order chi connectivity index (χ1) is 9.20. The number of halogens is 1. The van der Waals surface area contributed by atoms with Gasteiger partial charge in [0, 0.05) is 16.9 Å². The van der Waals surface area contributed by atoms with Crippen LogP contribution in [0, 0.1) is 6.92 Å². The molecule has 0 aromatic heterocycles. The third-order valence-corrected chi connectivity index (χ3v) is 4.08. The van der Waals surface area contributed by atoms with Crippen molar-refractivity contribution in [1.82, 2.24) is 5.32 Å². The van der Waals surface area contributed by atoms with Crippen LogP contribution >= 0.6 is 15.9 Å². The zero-order valence-electron chi connectivity index (χ0n) is 11.5. The summed E-state index contributed by atoms with van der Waals surface area (Å²) < 4.78 is 1.20. The van der Waals surface area contributed by atoms with E-state index in [9.17, 15) is 0 Å². The topological polar surface area (TPSA) is 12.0 Å². The van der Waals surface area contributed by atoms with E-state index in [1.165, 1.54) is 21.2 Å². The second-order valence-electron chi connectivity index (χ2n) is 4.97. The summed E-state index contributed by atoms with van der Waals surface area (Å²) in [5, 5.41) is 3.31. The van der Waals surface area contributed by atoms with Gasteiger partial charge in [0.25, 0.3) is 0 Å². The molecule has 0 spiro atoms. The maximum Gasteiger partial charge on any atom is 0.0210 e. The van der Waals surface area contributed by atoms with E-state index in [4.69, 9.17) is 0 Å². The van der Waals surface area contributed by atoms with E-state index in [1.807, 2.05) is 7.05 Å². The Morgan fingerprint density at radius 3 is 2.58 bits per heavy atom. The molecular formula is C17H20BrN. The Labute approximate surface area is 124 Å². The van der Waals surface area contributed by atoms with E-state index >= 15 is 0 Å². The van der Waals surface area contributed by atoms with Crippen LogP contribution in [0.4, 0.5) is 0 Å². The molecule has 1 N–H and O–H groups in total. The Bertz CT molecular complexity index is 536. The molecule has 0 bridgehead atoms. The first kappa shape index (κ1) is 14.3.